The van der Waals surface area contributed by atoms with Gasteiger partial charge in [-0.3, -0.25) is 4.90 Å². The van der Waals surface area contributed by atoms with Crippen LogP contribution in [-0.4, -0.2) is 55.2 Å². The summed E-state index contributed by atoms with van der Waals surface area (Å²) in [5.74, 6) is 5.53. The number of methoxy groups -OCH3 is 1. The number of hydrogen-bond donors (Lipinski definition) is 1. The van der Waals surface area contributed by atoms with Gasteiger partial charge in [0, 0.05) is 48.9 Å². The van der Waals surface area contributed by atoms with Gasteiger partial charge in [-0.2, -0.15) is 0 Å². The van der Waals surface area contributed by atoms with Crippen molar-refractivity contribution >= 4 is 11.7 Å². The zero-order valence-electron chi connectivity index (χ0n) is 20.7. The summed E-state index contributed by atoms with van der Waals surface area (Å²) < 4.78 is 32.2. The quantitative estimate of drug-likeness (QED) is 0.484. The van der Waals surface area contributed by atoms with Gasteiger partial charge in [0.1, 0.15) is 17.4 Å². The van der Waals surface area contributed by atoms with Crippen LogP contribution in [0.5, 0.6) is 5.75 Å². The molecule has 2 atom stereocenters. The molecule has 2 heterocycles. The second-order valence-corrected chi connectivity index (χ2v) is 9.48. The molecular formula is C30H29F2N3O2. The van der Waals surface area contributed by atoms with Gasteiger partial charge in [0.05, 0.1) is 12.7 Å². The molecule has 0 spiro atoms. The molecule has 7 heteroatoms. The minimum absolute atomic E-state index is 0.0867. The summed E-state index contributed by atoms with van der Waals surface area (Å²) in [6, 6.07) is 18.9. The average Bonchev–Trinajstić information content (AvgIpc) is 2.89. The second-order valence-electron chi connectivity index (χ2n) is 9.48. The highest BCUT2D eigenvalue weighted by Crippen LogP contribution is 2.36. The van der Waals surface area contributed by atoms with Gasteiger partial charge in [0.2, 0.25) is 0 Å². The van der Waals surface area contributed by atoms with Gasteiger partial charge < -0.3 is 15.0 Å². The molecule has 3 aromatic rings. The van der Waals surface area contributed by atoms with Crippen LogP contribution in [0.15, 0.2) is 66.7 Å². The summed E-state index contributed by atoms with van der Waals surface area (Å²) in [7, 11) is 1.62. The first-order valence-electron chi connectivity index (χ1n) is 12.5. The summed E-state index contributed by atoms with van der Waals surface area (Å²) in [4.78, 5) is 17.5. The Morgan fingerprint density at radius 1 is 0.946 bits per heavy atom. The van der Waals surface area contributed by atoms with Crippen molar-refractivity contribution in [1.82, 2.24) is 9.80 Å². The predicted octanol–water partition coefficient (Wildman–Crippen LogP) is 5.47. The van der Waals surface area contributed by atoms with E-state index in [4.69, 9.17) is 4.74 Å². The molecular weight excluding hydrogens is 472 g/mol. The smallest absolute Gasteiger partial charge is 0.321 e. The number of ether oxygens (including phenoxy) is 1. The van der Waals surface area contributed by atoms with Crippen LogP contribution in [0.4, 0.5) is 19.3 Å². The standard InChI is InChI=1S/C30H29F2N3O2/c1-37-26-14-12-25(13-15-26)33-30(36)35-17-3-2-16-34-19-27(29(34)20-35)22-7-4-21(5-8-22)6-9-23-10-11-24(31)18-28(23)32/h4-5,7-8,10-15,18,27,29H,2-3,16-17,19-20H2,1H3,(H,33,36)/t27-,29+/m1/s1. The van der Waals surface area contributed by atoms with Gasteiger partial charge in [-0.05, 0) is 73.5 Å². The molecule has 2 aliphatic rings. The number of fused-ring (bicyclic) bond motifs is 1. The lowest BCUT2D eigenvalue weighted by atomic mass is 9.81. The maximum atomic E-state index is 13.9. The molecule has 2 saturated heterocycles. The van der Waals surface area contributed by atoms with Gasteiger partial charge >= 0.3 is 6.03 Å². The molecule has 3 aromatic carbocycles. The molecule has 1 N–H and O–H groups in total. The molecule has 2 fully saturated rings. The zero-order valence-corrected chi connectivity index (χ0v) is 20.7. The molecule has 0 unspecified atom stereocenters. The predicted molar refractivity (Wildman–Crippen MR) is 140 cm³/mol. The lowest BCUT2D eigenvalue weighted by Crippen LogP contribution is -2.61. The molecule has 0 aliphatic carbocycles. The van der Waals surface area contributed by atoms with E-state index in [1.54, 1.807) is 7.11 Å². The van der Waals surface area contributed by atoms with Crippen molar-refractivity contribution in [3.05, 3.63) is 95.1 Å². The third-order valence-electron chi connectivity index (χ3n) is 7.14. The number of nitrogens with one attached hydrogen (secondary N) is 1. The van der Waals surface area contributed by atoms with Gasteiger partial charge in [0.25, 0.3) is 0 Å². The van der Waals surface area contributed by atoms with E-state index in [0.717, 1.165) is 55.5 Å². The highest BCUT2D eigenvalue weighted by molar-refractivity contribution is 5.89. The minimum atomic E-state index is -0.663. The van der Waals surface area contributed by atoms with Crippen molar-refractivity contribution in [1.29, 1.82) is 0 Å². The first-order valence-corrected chi connectivity index (χ1v) is 12.5. The van der Waals surface area contributed by atoms with E-state index in [1.165, 1.54) is 17.7 Å². The van der Waals surface area contributed by atoms with E-state index in [9.17, 15) is 13.6 Å². The van der Waals surface area contributed by atoms with E-state index < -0.39 is 11.6 Å². The van der Waals surface area contributed by atoms with Crippen LogP contribution in [-0.2, 0) is 0 Å². The van der Waals surface area contributed by atoms with E-state index in [1.807, 2.05) is 41.3 Å². The van der Waals surface area contributed by atoms with Crippen LogP contribution in [0.25, 0.3) is 0 Å². The van der Waals surface area contributed by atoms with E-state index in [-0.39, 0.29) is 17.6 Å². The van der Waals surface area contributed by atoms with Crippen LogP contribution >= 0.6 is 0 Å². The number of nitrogens with zero attached hydrogens (tertiary/aromatic N) is 2. The normalized spacial score (nSPS) is 19.4. The lowest BCUT2D eigenvalue weighted by Gasteiger charge is -2.51. The Bertz CT molecular complexity index is 1320. The van der Waals surface area contributed by atoms with Crippen LogP contribution in [0.3, 0.4) is 0 Å². The Balaban J connectivity index is 1.25. The average molecular weight is 502 g/mol. The van der Waals surface area contributed by atoms with Crippen LogP contribution in [0.2, 0.25) is 0 Å². The topological polar surface area (TPSA) is 44.8 Å². The first kappa shape index (κ1) is 24.8. The number of urea groups is 1. The largest absolute Gasteiger partial charge is 0.497 e. The molecule has 0 bridgehead atoms. The van der Waals surface area contributed by atoms with Crippen molar-refractivity contribution in [2.45, 2.75) is 24.8 Å². The number of hydrogen-bond acceptors (Lipinski definition) is 3. The minimum Gasteiger partial charge on any atom is -0.497 e. The SMILES string of the molecule is COc1ccc(NC(=O)N2CCCCN3C[C@H](c4ccc(C#Cc5ccc(F)cc5F)cc4)[C@@H]3C2)cc1. The summed E-state index contributed by atoms with van der Waals surface area (Å²) in [6.45, 7) is 3.40. The summed E-state index contributed by atoms with van der Waals surface area (Å²) >= 11 is 0. The molecule has 2 aliphatic heterocycles. The summed E-state index contributed by atoms with van der Waals surface area (Å²) in [6.07, 6.45) is 2.04. The van der Waals surface area contributed by atoms with Crippen LogP contribution in [0.1, 0.15) is 35.4 Å². The van der Waals surface area contributed by atoms with E-state index in [2.05, 4.69) is 34.2 Å². The Morgan fingerprint density at radius 2 is 1.70 bits per heavy atom. The number of anilines is 1. The Hall–Kier alpha value is -3.89. The molecule has 5 nitrogen and oxygen atoms in total. The van der Waals surface area contributed by atoms with Crippen molar-refractivity contribution in [2.75, 3.05) is 38.6 Å². The number of rotatable bonds is 3. The fraction of sp³-hybridized carbons (Fsp3) is 0.300. The van der Waals surface area contributed by atoms with E-state index in [0.29, 0.717) is 12.5 Å². The fourth-order valence-corrected chi connectivity index (χ4v) is 4.99. The first-order chi connectivity index (χ1) is 18.0. The van der Waals surface area contributed by atoms with Crippen molar-refractivity contribution in [3.63, 3.8) is 0 Å². The third kappa shape index (κ3) is 5.76. The molecule has 2 amide bonds. The number of amides is 2. The fourth-order valence-electron chi connectivity index (χ4n) is 4.99. The molecule has 37 heavy (non-hydrogen) atoms. The number of carbonyl (C=O) groups is 1. The van der Waals surface area contributed by atoms with Crippen LogP contribution < -0.4 is 10.1 Å². The second kappa shape index (κ2) is 11.0. The zero-order chi connectivity index (χ0) is 25.8. The maximum Gasteiger partial charge on any atom is 0.321 e. The monoisotopic (exact) mass is 501 g/mol. The van der Waals surface area contributed by atoms with Gasteiger partial charge in [-0.15, -0.1) is 0 Å². The Kier molecular flexibility index (Phi) is 7.38. The Morgan fingerprint density at radius 3 is 2.43 bits per heavy atom. The number of benzene rings is 3. The highest BCUT2D eigenvalue weighted by atomic mass is 19.1. The lowest BCUT2D eigenvalue weighted by molar-refractivity contribution is 0.0272. The van der Waals surface area contributed by atoms with Crippen LogP contribution in [0, 0.1) is 23.5 Å². The molecule has 0 radical (unpaired) electrons. The van der Waals surface area contributed by atoms with Gasteiger partial charge in [0.15, 0.2) is 0 Å². The number of carbonyl (C=O) groups excluding carboxylic acids is 1. The maximum absolute atomic E-state index is 13.9. The highest BCUT2D eigenvalue weighted by Gasteiger charge is 2.41. The third-order valence-corrected chi connectivity index (χ3v) is 7.14. The van der Waals surface area contributed by atoms with Gasteiger partial charge in [-0.25, -0.2) is 13.6 Å². The molecule has 0 aromatic heterocycles. The van der Waals surface area contributed by atoms with E-state index >= 15 is 0 Å². The Labute approximate surface area is 216 Å². The summed E-state index contributed by atoms with van der Waals surface area (Å²) in [5.41, 5.74) is 2.88. The summed E-state index contributed by atoms with van der Waals surface area (Å²) in [5, 5.41) is 3.02. The molecule has 190 valence electrons. The van der Waals surface area contributed by atoms with Crippen molar-refractivity contribution in [2.24, 2.45) is 0 Å². The number of halogens is 2. The van der Waals surface area contributed by atoms with Crippen molar-refractivity contribution < 1.29 is 18.3 Å². The van der Waals surface area contributed by atoms with Gasteiger partial charge in [-0.1, -0.05) is 24.0 Å². The molecule has 5 rings (SSSR count). The molecule has 0 saturated carbocycles. The van der Waals surface area contributed by atoms with Crippen molar-refractivity contribution in [3.8, 4) is 17.6 Å².